The Morgan fingerprint density at radius 2 is 0.975 bits per heavy atom. The van der Waals surface area contributed by atoms with Crippen LogP contribution in [0.1, 0.15) is 36.8 Å². The minimum atomic E-state index is -2.06. The second-order valence-corrected chi connectivity index (χ2v) is 19.1. The molecule has 2 aromatic carbocycles. The maximum atomic E-state index is 4.93. The number of benzene rings is 2. The van der Waals surface area contributed by atoms with E-state index in [-0.39, 0.29) is 11.8 Å². The third-order valence-electron chi connectivity index (χ3n) is 8.29. The average Bonchev–Trinajstić information content (AvgIpc) is 3.28. The molecule has 0 nitrogen and oxygen atoms in total. The van der Waals surface area contributed by atoms with Gasteiger partial charge >= 0.3 is 37.9 Å². The van der Waals surface area contributed by atoms with Gasteiger partial charge in [-0.1, -0.05) is 136 Å². The zero-order valence-electron chi connectivity index (χ0n) is 23.5. The van der Waals surface area contributed by atoms with Crippen LogP contribution < -0.4 is 0 Å². The summed E-state index contributed by atoms with van der Waals surface area (Å²) in [6, 6.07) is 21.9. The van der Waals surface area contributed by atoms with Crippen molar-refractivity contribution in [1.82, 2.24) is 0 Å². The Balaban J connectivity index is 0.00000103. The molecular formula is C36H34Cl2SiZr+2. The molecule has 2 atom stereocenters. The second kappa shape index (κ2) is 13.6. The van der Waals surface area contributed by atoms with Crippen LogP contribution in [0.2, 0.25) is 13.1 Å². The van der Waals surface area contributed by atoms with E-state index in [1.54, 1.807) is 11.1 Å². The van der Waals surface area contributed by atoms with Crippen molar-refractivity contribution in [2.75, 3.05) is 0 Å². The molecule has 2 unspecified atom stereocenters. The Hall–Kier alpha value is -0.920. The molecule has 2 aromatic rings. The van der Waals surface area contributed by atoms with Crippen LogP contribution in [0.15, 0.2) is 109 Å². The fourth-order valence-electron chi connectivity index (χ4n) is 6.90. The third kappa shape index (κ3) is 6.08. The summed E-state index contributed by atoms with van der Waals surface area (Å²) in [6.07, 6.45) is 23.3. The molecule has 0 aliphatic heterocycles. The molecule has 0 spiro atoms. The molecule has 4 aliphatic carbocycles. The second-order valence-electron chi connectivity index (χ2n) is 11.1. The Labute approximate surface area is 262 Å². The molecule has 2 fully saturated rings. The van der Waals surface area contributed by atoms with Crippen LogP contribution in [-0.4, -0.2) is 8.07 Å². The SMILES string of the molecule is C[C]1[CH][C]2[C](C=CC=CC2c2ccccc2)[C]1[Si](C)(C)[C]1[C](C)[CH][C]2[C]1C=CC=CC2c1ccccc1.[Cl][Zr+2][Cl]. The monoisotopic (exact) mass is 654 g/mol. The van der Waals surface area contributed by atoms with Crippen LogP contribution in [-0.2, 0) is 20.8 Å². The van der Waals surface area contributed by atoms with E-state index >= 15 is 0 Å². The molecule has 0 N–H and O–H groups in total. The third-order valence-corrected chi connectivity index (χ3v) is 12.1. The van der Waals surface area contributed by atoms with Crippen LogP contribution in [0, 0.1) is 59.4 Å². The predicted octanol–water partition coefficient (Wildman–Crippen LogP) is 10.0. The molecule has 4 heteroatoms. The Morgan fingerprint density at radius 3 is 1.35 bits per heavy atom. The number of halogens is 2. The van der Waals surface area contributed by atoms with E-state index in [2.05, 4.69) is 149 Å². The van der Waals surface area contributed by atoms with Crippen molar-refractivity contribution < 1.29 is 20.8 Å². The van der Waals surface area contributed by atoms with Crippen LogP contribution in [0.5, 0.6) is 0 Å². The van der Waals surface area contributed by atoms with E-state index in [9.17, 15) is 0 Å². The van der Waals surface area contributed by atoms with E-state index in [4.69, 9.17) is 17.0 Å². The molecule has 0 aromatic heterocycles. The summed E-state index contributed by atoms with van der Waals surface area (Å²) in [5.41, 5.74) is 5.89. The molecule has 198 valence electrons. The van der Waals surface area contributed by atoms with Crippen LogP contribution in [0.25, 0.3) is 0 Å². The van der Waals surface area contributed by atoms with E-state index < -0.39 is 28.9 Å². The number of fused-ring (bicyclic) bond motifs is 2. The number of rotatable bonds is 4. The van der Waals surface area contributed by atoms with Gasteiger partial charge in [0.15, 0.2) is 0 Å². The van der Waals surface area contributed by atoms with Crippen molar-refractivity contribution >= 4 is 25.1 Å². The normalized spacial score (nSPS) is 25.2. The summed E-state index contributed by atoms with van der Waals surface area (Å²) in [5.74, 6) is 9.22. The first kappa shape index (κ1) is 30.5. The van der Waals surface area contributed by atoms with E-state index in [0.717, 1.165) is 0 Å². The number of hydrogen-bond acceptors (Lipinski definition) is 0. The van der Waals surface area contributed by atoms with Crippen molar-refractivity contribution in [2.24, 2.45) is 0 Å². The van der Waals surface area contributed by atoms with Gasteiger partial charge in [0.1, 0.15) is 0 Å². The summed E-state index contributed by atoms with van der Waals surface area (Å²) in [5, 5.41) is 0. The van der Waals surface area contributed by atoms with Gasteiger partial charge in [-0.25, -0.2) is 0 Å². The van der Waals surface area contributed by atoms with Crippen molar-refractivity contribution in [1.29, 1.82) is 0 Å². The molecule has 4 aliphatic rings. The van der Waals surface area contributed by atoms with Crippen LogP contribution in [0.3, 0.4) is 0 Å². The number of hydrogen-bond donors (Lipinski definition) is 0. The average molecular weight is 657 g/mol. The topological polar surface area (TPSA) is 0 Å². The molecular weight excluding hydrogens is 623 g/mol. The van der Waals surface area contributed by atoms with Gasteiger partial charge in [0, 0.05) is 35.5 Å². The molecule has 0 bridgehead atoms. The Morgan fingerprint density at radius 1 is 0.600 bits per heavy atom. The van der Waals surface area contributed by atoms with Gasteiger partial charge in [0.2, 0.25) is 0 Å². The molecule has 10 radical (unpaired) electrons. The summed E-state index contributed by atoms with van der Waals surface area (Å²) in [7, 11) is 7.81. The molecule has 0 saturated heterocycles. The van der Waals surface area contributed by atoms with Gasteiger partial charge in [0.05, 0.1) is 8.07 Å². The Bertz CT molecular complexity index is 1130. The standard InChI is InChI=1S/C36H34Si.2ClH.Zr/c1-25-23-33-29(27-15-7-5-8-16-27)19-11-13-21-31(33)35(25)37(3,4)36-26(2)24-34-30(20-12-14-22-32(34)36)28-17-9-6-10-18-28;;;/h5-24,29-30H,1-4H3;2*1H;/q;;;+4/p-2. The van der Waals surface area contributed by atoms with Gasteiger partial charge in [-0.05, 0) is 46.9 Å². The zero-order chi connectivity index (χ0) is 28.3. The van der Waals surface area contributed by atoms with Gasteiger partial charge in [-0.15, -0.1) is 0 Å². The summed E-state index contributed by atoms with van der Waals surface area (Å²) < 4.78 is 0. The quantitative estimate of drug-likeness (QED) is 0.288. The zero-order valence-corrected chi connectivity index (χ0v) is 28.4. The summed E-state index contributed by atoms with van der Waals surface area (Å²) >= 11 is -0.826. The fraction of sp³-hybridized carbons (Fsp3) is 0.167. The van der Waals surface area contributed by atoms with Gasteiger partial charge in [-0.3, -0.25) is 0 Å². The summed E-state index contributed by atoms with van der Waals surface area (Å²) in [6.45, 7) is 9.79. The van der Waals surface area contributed by atoms with Gasteiger partial charge in [-0.2, -0.15) is 0 Å². The Kier molecular flexibility index (Phi) is 10.4. The van der Waals surface area contributed by atoms with Crippen LogP contribution in [0.4, 0.5) is 0 Å². The van der Waals surface area contributed by atoms with Crippen molar-refractivity contribution in [2.45, 2.75) is 38.8 Å². The minimum absolute atomic E-state index is 0.285. The van der Waals surface area contributed by atoms with E-state index in [1.807, 2.05) is 0 Å². The van der Waals surface area contributed by atoms with E-state index in [0.29, 0.717) is 0 Å². The molecule has 40 heavy (non-hydrogen) atoms. The van der Waals surface area contributed by atoms with Gasteiger partial charge in [0.25, 0.3) is 0 Å². The maximum absolute atomic E-state index is 4.93. The molecule has 0 amide bonds. The fourth-order valence-corrected chi connectivity index (χ4v) is 11.1. The van der Waals surface area contributed by atoms with E-state index in [1.165, 1.54) is 46.6 Å². The molecule has 6 rings (SSSR count). The number of allylic oxidation sites excluding steroid dienone is 8. The first-order valence-corrected chi connectivity index (χ1v) is 23.1. The van der Waals surface area contributed by atoms with Crippen molar-refractivity contribution in [3.63, 3.8) is 0 Å². The first-order chi connectivity index (χ1) is 19.4. The van der Waals surface area contributed by atoms with Crippen molar-refractivity contribution in [3.05, 3.63) is 180 Å². The first-order valence-electron chi connectivity index (χ1n) is 13.8. The predicted molar refractivity (Wildman–Crippen MR) is 170 cm³/mol. The molecule has 2 saturated carbocycles. The van der Waals surface area contributed by atoms with Gasteiger partial charge < -0.3 is 0 Å². The van der Waals surface area contributed by atoms with Crippen LogP contribution >= 0.6 is 17.0 Å². The summed E-state index contributed by atoms with van der Waals surface area (Å²) in [4.78, 5) is 0. The molecule has 0 heterocycles. The van der Waals surface area contributed by atoms with Crippen molar-refractivity contribution in [3.8, 4) is 0 Å².